The molecule has 1 aromatic carbocycles. The average Bonchev–Trinajstić information content (AvgIpc) is 2.33. The maximum absolute atomic E-state index is 11.7. The number of carbonyl (C=O) groups is 1. The first-order chi connectivity index (χ1) is 8.96. The molecule has 1 amide bonds. The summed E-state index contributed by atoms with van der Waals surface area (Å²) in [7, 11) is 0. The van der Waals surface area contributed by atoms with Crippen molar-refractivity contribution in [1.82, 2.24) is 5.32 Å². The van der Waals surface area contributed by atoms with Gasteiger partial charge >= 0.3 is 0 Å². The van der Waals surface area contributed by atoms with Crippen LogP contribution in [0.3, 0.4) is 0 Å². The zero-order valence-electron chi connectivity index (χ0n) is 12.1. The Morgan fingerprint density at radius 2 is 2.05 bits per heavy atom. The van der Waals surface area contributed by atoms with Gasteiger partial charge in [0.15, 0.2) is 0 Å². The minimum absolute atomic E-state index is 0.126. The first-order valence-electron chi connectivity index (χ1n) is 7.05. The summed E-state index contributed by atoms with van der Waals surface area (Å²) in [6.07, 6.45) is 1.73. The summed E-state index contributed by atoms with van der Waals surface area (Å²) in [6.45, 7) is 8.62. The van der Waals surface area contributed by atoms with Crippen LogP contribution >= 0.6 is 0 Å². The van der Waals surface area contributed by atoms with Crippen LogP contribution in [-0.4, -0.2) is 19.0 Å². The van der Waals surface area contributed by atoms with Crippen LogP contribution in [0.5, 0.6) is 0 Å². The molecule has 1 heterocycles. The Labute approximate surface area is 115 Å². The Kier molecular flexibility index (Phi) is 4.25. The number of fused-ring (bicyclic) bond motifs is 1. The van der Waals surface area contributed by atoms with Gasteiger partial charge in [-0.2, -0.15) is 0 Å². The lowest BCUT2D eigenvalue weighted by Crippen LogP contribution is -2.31. The highest BCUT2D eigenvalue weighted by Gasteiger charge is 2.24. The zero-order chi connectivity index (χ0) is 13.9. The Morgan fingerprint density at radius 1 is 1.32 bits per heavy atom. The lowest BCUT2D eigenvalue weighted by Gasteiger charge is -2.26. The van der Waals surface area contributed by atoms with E-state index in [0.29, 0.717) is 17.8 Å². The number of para-hydroxylation sites is 1. The molecule has 0 spiro atoms. The molecule has 104 valence electrons. The number of hydrogen-bond donors (Lipinski definition) is 2. The van der Waals surface area contributed by atoms with Crippen molar-refractivity contribution >= 4 is 11.6 Å². The van der Waals surface area contributed by atoms with E-state index in [-0.39, 0.29) is 5.91 Å². The summed E-state index contributed by atoms with van der Waals surface area (Å²) in [6, 6.07) is 8.10. The minimum atomic E-state index is 0.126. The Morgan fingerprint density at radius 3 is 2.79 bits per heavy atom. The Balaban J connectivity index is 1.92. The maximum atomic E-state index is 11.7. The summed E-state index contributed by atoms with van der Waals surface area (Å²) in [5.41, 5.74) is 2.58. The molecule has 0 unspecified atom stereocenters. The number of rotatable bonds is 4. The molecule has 0 saturated carbocycles. The second kappa shape index (κ2) is 5.74. The van der Waals surface area contributed by atoms with Crippen molar-refractivity contribution < 1.29 is 4.79 Å². The van der Waals surface area contributed by atoms with Gasteiger partial charge in [0.25, 0.3) is 0 Å². The average molecular weight is 260 g/mol. The highest BCUT2D eigenvalue weighted by atomic mass is 16.1. The molecule has 1 atom stereocenters. The fraction of sp³-hybridized carbons (Fsp3) is 0.562. The van der Waals surface area contributed by atoms with E-state index >= 15 is 0 Å². The molecule has 3 nitrogen and oxygen atoms in total. The van der Waals surface area contributed by atoms with Crippen molar-refractivity contribution in [3.8, 4) is 0 Å². The van der Waals surface area contributed by atoms with E-state index < -0.39 is 0 Å². The first-order valence-corrected chi connectivity index (χ1v) is 7.05. The van der Waals surface area contributed by atoms with Crippen LogP contribution in [-0.2, 0) is 4.79 Å². The minimum Gasteiger partial charge on any atom is -0.326 e. The van der Waals surface area contributed by atoms with Gasteiger partial charge in [-0.1, -0.05) is 39.0 Å². The van der Waals surface area contributed by atoms with E-state index in [1.165, 1.54) is 5.56 Å². The van der Waals surface area contributed by atoms with Gasteiger partial charge in [-0.3, -0.25) is 4.79 Å². The molecular formula is C16H24N2O. The van der Waals surface area contributed by atoms with Crippen LogP contribution in [0.2, 0.25) is 0 Å². The van der Waals surface area contributed by atoms with E-state index in [2.05, 4.69) is 37.5 Å². The van der Waals surface area contributed by atoms with Gasteiger partial charge in [-0.25, -0.2) is 0 Å². The Bertz CT molecular complexity index is 448. The molecular weight excluding hydrogens is 236 g/mol. The lowest BCUT2D eigenvalue weighted by molar-refractivity contribution is -0.116. The highest BCUT2D eigenvalue weighted by molar-refractivity contribution is 5.94. The number of hydrogen-bond acceptors (Lipinski definition) is 2. The van der Waals surface area contributed by atoms with Gasteiger partial charge in [0, 0.05) is 24.6 Å². The standard InChI is InChI=1S/C16H24N2O/c1-16(2,3)8-9-17-11-12-10-15(19)18-14-7-5-4-6-13(12)14/h4-7,12,17H,8-11H2,1-3H3,(H,18,19)/t12-/m1/s1. The fourth-order valence-electron chi connectivity index (χ4n) is 2.42. The number of amides is 1. The highest BCUT2D eigenvalue weighted by Crippen LogP contribution is 2.31. The van der Waals surface area contributed by atoms with Gasteiger partial charge in [0.05, 0.1) is 0 Å². The molecule has 3 heteroatoms. The fourth-order valence-corrected chi connectivity index (χ4v) is 2.42. The van der Waals surface area contributed by atoms with E-state index in [9.17, 15) is 4.79 Å². The third-order valence-corrected chi connectivity index (χ3v) is 3.55. The molecule has 0 saturated heterocycles. The van der Waals surface area contributed by atoms with Crippen molar-refractivity contribution in [2.45, 2.75) is 39.5 Å². The lowest BCUT2D eigenvalue weighted by atomic mass is 9.90. The van der Waals surface area contributed by atoms with Crippen LogP contribution in [0.15, 0.2) is 24.3 Å². The molecule has 0 fully saturated rings. The van der Waals surface area contributed by atoms with Gasteiger partial charge in [-0.05, 0) is 30.0 Å². The largest absolute Gasteiger partial charge is 0.326 e. The van der Waals surface area contributed by atoms with Crippen LogP contribution < -0.4 is 10.6 Å². The van der Waals surface area contributed by atoms with Crippen LogP contribution in [0, 0.1) is 5.41 Å². The van der Waals surface area contributed by atoms with Crippen molar-refractivity contribution in [2.75, 3.05) is 18.4 Å². The summed E-state index contributed by atoms with van der Waals surface area (Å²) in [4.78, 5) is 11.7. The molecule has 0 aliphatic carbocycles. The number of anilines is 1. The molecule has 2 rings (SSSR count). The smallest absolute Gasteiger partial charge is 0.225 e. The van der Waals surface area contributed by atoms with E-state index in [1.807, 2.05) is 18.2 Å². The predicted molar refractivity (Wildman–Crippen MR) is 79.4 cm³/mol. The normalized spacial score (nSPS) is 18.9. The van der Waals surface area contributed by atoms with E-state index in [0.717, 1.165) is 25.2 Å². The maximum Gasteiger partial charge on any atom is 0.225 e. The topological polar surface area (TPSA) is 41.1 Å². The summed E-state index contributed by atoms with van der Waals surface area (Å²) >= 11 is 0. The van der Waals surface area contributed by atoms with E-state index in [1.54, 1.807) is 0 Å². The molecule has 1 aliphatic heterocycles. The van der Waals surface area contributed by atoms with E-state index in [4.69, 9.17) is 0 Å². The van der Waals surface area contributed by atoms with Crippen LogP contribution in [0.1, 0.15) is 45.1 Å². The van der Waals surface area contributed by atoms with Gasteiger partial charge in [-0.15, -0.1) is 0 Å². The third-order valence-electron chi connectivity index (χ3n) is 3.55. The zero-order valence-corrected chi connectivity index (χ0v) is 12.1. The number of benzene rings is 1. The molecule has 2 N–H and O–H groups in total. The van der Waals surface area contributed by atoms with Gasteiger partial charge in [0.2, 0.25) is 5.91 Å². The number of carbonyl (C=O) groups excluding carboxylic acids is 1. The molecule has 0 aromatic heterocycles. The molecule has 1 aromatic rings. The van der Waals surface area contributed by atoms with Crippen molar-refractivity contribution in [2.24, 2.45) is 5.41 Å². The third kappa shape index (κ3) is 4.06. The second-order valence-electron chi connectivity index (χ2n) is 6.55. The first kappa shape index (κ1) is 14.1. The SMILES string of the molecule is CC(C)(C)CCNC[C@H]1CC(=O)Nc2ccccc21. The summed E-state index contributed by atoms with van der Waals surface area (Å²) in [5.74, 6) is 0.422. The quantitative estimate of drug-likeness (QED) is 0.817. The summed E-state index contributed by atoms with van der Waals surface area (Å²) in [5, 5.41) is 6.43. The monoisotopic (exact) mass is 260 g/mol. The van der Waals surface area contributed by atoms with Crippen molar-refractivity contribution in [3.05, 3.63) is 29.8 Å². The molecule has 19 heavy (non-hydrogen) atoms. The predicted octanol–water partition coefficient (Wildman–Crippen LogP) is 3.14. The van der Waals surface area contributed by atoms with Crippen molar-refractivity contribution in [3.63, 3.8) is 0 Å². The number of nitrogens with one attached hydrogen (secondary N) is 2. The molecule has 0 radical (unpaired) electrons. The van der Waals surface area contributed by atoms with Crippen molar-refractivity contribution in [1.29, 1.82) is 0 Å². The Hall–Kier alpha value is -1.35. The van der Waals surface area contributed by atoms with Gasteiger partial charge < -0.3 is 10.6 Å². The second-order valence-corrected chi connectivity index (χ2v) is 6.55. The van der Waals surface area contributed by atoms with Gasteiger partial charge in [0.1, 0.15) is 0 Å². The molecule has 1 aliphatic rings. The van der Waals surface area contributed by atoms with Crippen LogP contribution in [0.4, 0.5) is 5.69 Å². The molecule has 0 bridgehead atoms. The summed E-state index contributed by atoms with van der Waals surface area (Å²) < 4.78 is 0. The van der Waals surface area contributed by atoms with Crippen LogP contribution in [0.25, 0.3) is 0 Å².